The molecule has 142 valence electrons. The third kappa shape index (κ3) is 4.69. The number of anilines is 1. The number of primary amides is 1. The Bertz CT molecular complexity index is 815. The molecule has 3 N–H and O–H groups in total. The first kappa shape index (κ1) is 18.6. The second-order valence-electron chi connectivity index (χ2n) is 6.10. The van der Waals surface area contributed by atoms with Gasteiger partial charge in [-0.05, 0) is 30.5 Å². The van der Waals surface area contributed by atoms with Crippen molar-refractivity contribution in [2.45, 2.75) is 18.9 Å². The predicted molar refractivity (Wildman–Crippen MR) is 95.6 cm³/mol. The molecule has 1 aromatic carbocycles. The van der Waals surface area contributed by atoms with Crippen molar-refractivity contribution in [1.82, 2.24) is 15.3 Å². The van der Waals surface area contributed by atoms with Crippen molar-refractivity contribution < 1.29 is 18.7 Å². The second-order valence-corrected chi connectivity index (χ2v) is 6.10. The molecule has 1 aromatic heterocycles. The summed E-state index contributed by atoms with van der Waals surface area (Å²) in [6.07, 6.45) is 3.82. The molecular weight excluding hydrogens is 353 g/mol. The van der Waals surface area contributed by atoms with E-state index in [1.165, 1.54) is 24.5 Å². The highest BCUT2D eigenvalue weighted by atomic mass is 19.1. The minimum atomic E-state index is -0.893. The van der Waals surface area contributed by atoms with E-state index in [0.717, 1.165) is 24.9 Å². The topological polar surface area (TPSA) is 110 Å². The molecule has 8 nitrogen and oxygen atoms in total. The summed E-state index contributed by atoms with van der Waals surface area (Å²) in [6, 6.07) is 6.53. The number of nitrogens with zero attached hydrogens (tertiary/aromatic N) is 3. The molecule has 2 amide bonds. The fraction of sp³-hybridized carbons (Fsp3) is 0.333. The first-order valence-electron chi connectivity index (χ1n) is 8.59. The molecule has 0 saturated carbocycles. The van der Waals surface area contributed by atoms with Crippen LogP contribution in [0.5, 0.6) is 0 Å². The SMILES string of the molecule is NC(=O)OCCNC(=O)c1cnc(N2CCCC2c2cccc(F)c2)nc1. The maximum absolute atomic E-state index is 13.5. The van der Waals surface area contributed by atoms with Gasteiger partial charge in [-0.3, -0.25) is 4.79 Å². The van der Waals surface area contributed by atoms with Crippen LogP contribution in [0.25, 0.3) is 0 Å². The normalized spacial score (nSPS) is 16.2. The molecule has 27 heavy (non-hydrogen) atoms. The van der Waals surface area contributed by atoms with Gasteiger partial charge in [-0.15, -0.1) is 0 Å². The standard InChI is InChI=1S/C18H20FN5O3/c19-14-4-1-3-12(9-14)15-5-2-7-24(15)18-22-10-13(11-23-18)16(25)21-6-8-27-17(20)26/h1,3-4,9-11,15H,2,5-8H2,(H2,20,26)(H,21,25). The van der Waals surface area contributed by atoms with E-state index in [-0.39, 0.29) is 30.9 Å². The summed E-state index contributed by atoms with van der Waals surface area (Å²) in [5, 5.41) is 2.58. The van der Waals surface area contributed by atoms with E-state index < -0.39 is 6.09 Å². The minimum absolute atomic E-state index is 0.00586. The highest BCUT2D eigenvalue weighted by Gasteiger charge is 2.28. The first-order chi connectivity index (χ1) is 13.0. The third-order valence-corrected chi connectivity index (χ3v) is 4.28. The average molecular weight is 373 g/mol. The van der Waals surface area contributed by atoms with Gasteiger partial charge in [0.05, 0.1) is 18.2 Å². The molecule has 1 fully saturated rings. The molecule has 0 bridgehead atoms. The van der Waals surface area contributed by atoms with E-state index in [9.17, 15) is 14.0 Å². The van der Waals surface area contributed by atoms with Crippen LogP contribution in [0.15, 0.2) is 36.7 Å². The molecule has 0 spiro atoms. The van der Waals surface area contributed by atoms with Gasteiger partial charge >= 0.3 is 6.09 Å². The smallest absolute Gasteiger partial charge is 0.404 e. The van der Waals surface area contributed by atoms with Gasteiger partial charge in [0.15, 0.2) is 0 Å². The Morgan fingerprint density at radius 3 is 2.81 bits per heavy atom. The van der Waals surface area contributed by atoms with Crippen LogP contribution in [0.1, 0.15) is 34.8 Å². The number of amides is 2. The number of nitrogens with one attached hydrogen (secondary N) is 1. The molecule has 0 radical (unpaired) electrons. The number of ether oxygens (including phenoxy) is 1. The van der Waals surface area contributed by atoms with Gasteiger partial charge in [-0.25, -0.2) is 19.2 Å². The van der Waals surface area contributed by atoms with Crippen LogP contribution in [-0.2, 0) is 4.74 Å². The molecule has 9 heteroatoms. The number of hydrogen-bond acceptors (Lipinski definition) is 6. The molecule has 1 aliphatic heterocycles. The Morgan fingerprint density at radius 1 is 1.33 bits per heavy atom. The number of benzene rings is 1. The highest BCUT2D eigenvalue weighted by Crippen LogP contribution is 2.34. The molecular formula is C18H20FN5O3. The minimum Gasteiger partial charge on any atom is -0.448 e. The number of hydrogen-bond donors (Lipinski definition) is 2. The highest BCUT2D eigenvalue weighted by molar-refractivity contribution is 5.93. The van der Waals surface area contributed by atoms with Gasteiger partial charge < -0.3 is 20.7 Å². The zero-order valence-corrected chi connectivity index (χ0v) is 14.6. The lowest BCUT2D eigenvalue weighted by atomic mass is 10.0. The summed E-state index contributed by atoms with van der Waals surface area (Å²) >= 11 is 0. The summed E-state index contributed by atoms with van der Waals surface area (Å²) in [4.78, 5) is 33.1. The third-order valence-electron chi connectivity index (χ3n) is 4.28. The van der Waals surface area contributed by atoms with Gasteiger partial charge in [-0.2, -0.15) is 0 Å². The number of aromatic nitrogens is 2. The lowest BCUT2D eigenvalue weighted by Gasteiger charge is -2.25. The lowest BCUT2D eigenvalue weighted by molar-refractivity contribution is 0.0936. The Balaban J connectivity index is 1.64. The van der Waals surface area contributed by atoms with E-state index in [2.05, 4.69) is 20.0 Å². The Hall–Kier alpha value is -3.23. The van der Waals surface area contributed by atoms with Crippen LogP contribution in [0.4, 0.5) is 15.1 Å². The maximum atomic E-state index is 13.5. The molecule has 1 aliphatic rings. The fourth-order valence-electron chi connectivity index (χ4n) is 3.07. The van der Waals surface area contributed by atoms with Crippen LogP contribution in [-0.4, -0.2) is 41.7 Å². The molecule has 2 heterocycles. The molecule has 1 saturated heterocycles. The monoisotopic (exact) mass is 373 g/mol. The molecule has 0 aliphatic carbocycles. The van der Waals surface area contributed by atoms with Crippen molar-refractivity contribution in [2.75, 3.05) is 24.6 Å². The van der Waals surface area contributed by atoms with Gasteiger partial charge in [0.1, 0.15) is 12.4 Å². The predicted octanol–water partition coefficient (Wildman–Crippen LogP) is 1.78. The number of carbonyl (C=O) groups excluding carboxylic acids is 2. The summed E-state index contributed by atoms with van der Waals surface area (Å²) in [6.45, 7) is 0.886. The number of halogens is 1. The summed E-state index contributed by atoms with van der Waals surface area (Å²) in [5.41, 5.74) is 6.01. The van der Waals surface area contributed by atoms with Gasteiger partial charge in [0.25, 0.3) is 5.91 Å². The van der Waals surface area contributed by atoms with E-state index in [4.69, 9.17) is 5.73 Å². The lowest BCUT2D eigenvalue weighted by Crippen LogP contribution is -2.29. The van der Waals surface area contributed by atoms with Crippen LogP contribution in [0.2, 0.25) is 0 Å². The van der Waals surface area contributed by atoms with E-state index in [1.807, 2.05) is 11.0 Å². The quantitative estimate of drug-likeness (QED) is 0.747. The Morgan fingerprint density at radius 2 is 2.11 bits per heavy atom. The second kappa shape index (κ2) is 8.43. The fourth-order valence-corrected chi connectivity index (χ4v) is 3.07. The van der Waals surface area contributed by atoms with Gasteiger partial charge in [0, 0.05) is 18.9 Å². The number of rotatable bonds is 6. The molecule has 3 rings (SSSR count). The van der Waals surface area contributed by atoms with Crippen LogP contribution < -0.4 is 16.0 Å². The van der Waals surface area contributed by atoms with Crippen molar-refractivity contribution in [3.8, 4) is 0 Å². The Kier molecular flexibility index (Phi) is 5.80. The molecule has 1 atom stereocenters. The van der Waals surface area contributed by atoms with Crippen molar-refractivity contribution >= 4 is 17.9 Å². The van der Waals surface area contributed by atoms with Crippen molar-refractivity contribution in [3.05, 3.63) is 53.6 Å². The van der Waals surface area contributed by atoms with Gasteiger partial charge in [0.2, 0.25) is 5.95 Å². The van der Waals surface area contributed by atoms with Crippen molar-refractivity contribution in [3.63, 3.8) is 0 Å². The summed E-state index contributed by atoms with van der Waals surface area (Å²) in [5.74, 6) is -0.152. The van der Waals surface area contributed by atoms with E-state index in [1.54, 1.807) is 6.07 Å². The van der Waals surface area contributed by atoms with Crippen LogP contribution in [0, 0.1) is 5.82 Å². The largest absolute Gasteiger partial charge is 0.448 e. The summed E-state index contributed by atoms with van der Waals surface area (Å²) in [7, 11) is 0. The van der Waals surface area contributed by atoms with E-state index in [0.29, 0.717) is 11.5 Å². The number of carbonyl (C=O) groups is 2. The first-order valence-corrected chi connectivity index (χ1v) is 8.59. The van der Waals surface area contributed by atoms with Gasteiger partial charge in [-0.1, -0.05) is 12.1 Å². The number of nitrogens with two attached hydrogens (primary N) is 1. The summed E-state index contributed by atoms with van der Waals surface area (Å²) < 4.78 is 18.1. The maximum Gasteiger partial charge on any atom is 0.404 e. The molecule has 2 aromatic rings. The van der Waals surface area contributed by atoms with E-state index >= 15 is 0 Å². The zero-order chi connectivity index (χ0) is 19.2. The Labute approximate surface area is 155 Å². The average Bonchev–Trinajstić information content (AvgIpc) is 3.15. The van der Waals surface area contributed by atoms with Crippen molar-refractivity contribution in [1.29, 1.82) is 0 Å². The zero-order valence-electron chi connectivity index (χ0n) is 14.6. The molecule has 1 unspecified atom stereocenters. The van der Waals surface area contributed by atoms with Crippen LogP contribution in [0.3, 0.4) is 0 Å². The van der Waals surface area contributed by atoms with Crippen LogP contribution >= 0.6 is 0 Å². The van der Waals surface area contributed by atoms with Crippen molar-refractivity contribution in [2.24, 2.45) is 5.73 Å².